The van der Waals surface area contributed by atoms with Crippen LogP contribution in [0.2, 0.25) is 5.02 Å². The van der Waals surface area contributed by atoms with Gasteiger partial charge in [0.15, 0.2) is 22.9 Å². The number of ether oxygens (including phenoxy) is 1. The average Bonchev–Trinajstić information content (AvgIpc) is 3.61. The Balaban J connectivity index is 1.32. The molecule has 1 aliphatic rings. The molecule has 1 aliphatic heterocycles. The molecule has 0 bridgehead atoms. The van der Waals surface area contributed by atoms with E-state index in [1.165, 1.54) is 28.9 Å². The summed E-state index contributed by atoms with van der Waals surface area (Å²) in [6, 6.07) is 2.81. The predicted molar refractivity (Wildman–Crippen MR) is 157 cm³/mol. The summed E-state index contributed by atoms with van der Waals surface area (Å²) in [7, 11) is 0. The van der Waals surface area contributed by atoms with Gasteiger partial charge in [0.25, 0.3) is 18.8 Å². The highest BCUT2D eigenvalue weighted by molar-refractivity contribution is 6.36. The Morgan fingerprint density at radius 1 is 1.19 bits per heavy atom. The number of anilines is 2. The molecule has 4 aromatic rings. The molecular formula is C27H26ClF5N10O4. The summed E-state index contributed by atoms with van der Waals surface area (Å²) in [5.41, 5.74) is -1.96. The van der Waals surface area contributed by atoms with Gasteiger partial charge in [0.05, 0.1) is 46.3 Å². The third kappa shape index (κ3) is 7.75. The van der Waals surface area contributed by atoms with Crippen LogP contribution in [0.1, 0.15) is 16.1 Å². The summed E-state index contributed by atoms with van der Waals surface area (Å²) in [6.45, 7) is 0.955. The minimum atomic E-state index is -4.95. The van der Waals surface area contributed by atoms with Gasteiger partial charge in [-0.05, 0) is 12.1 Å². The maximum atomic E-state index is 13.8. The molecule has 0 atom stereocenters. The van der Waals surface area contributed by atoms with Crippen molar-refractivity contribution in [3.63, 3.8) is 0 Å². The molecule has 4 heterocycles. The van der Waals surface area contributed by atoms with Crippen LogP contribution in [0, 0.1) is 0 Å². The van der Waals surface area contributed by atoms with Gasteiger partial charge in [0.1, 0.15) is 6.54 Å². The van der Waals surface area contributed by atoms with E-state index in [0.717, 1.165) is 25.5 Å². The molecule has 5 rings (SSSR count). The van der Waals surface area contributed by atoms with Gasteiger partial charge >= 0.3 is 6.18 Å². The minimum absolute atomic E-state index is 0.0118. The van der Waals surface area contributed by atoms with Crippen molar-refractivity contribution in [1.82, 2.24) is 45.4 Å². The van der Waals surface area contributed by atoms with E-state index in [2.05, 4.69) is 41.7 Å². The van der Waals surface area contributed by atoms with Crippen molar-refractivity contribution in [3.05, 3.63) is 53.2 Å². The first-order valence-corrected chi connectivity index (χ1v) is 14.3. The highest BCUT2D eigenvalue weighted by Crippen LogP contribution is 2.39. The van der Waals surface area contributed by atoms with Gasteiger partial charge in [-0.25, -0.2) is 18.7 Å². The Hall–Kier alpha value is -4.88. The number of carbonyl (C=O) groups is 3. The Labute approximate surface area is 267 Å². The maximum absolute atomic E-state index is 13.8. The van der Waals surface area contributed by atoms with E-state index >= 15 is 0 Å². The molecular weight excluding hydrogens is 659 g/mol. The van der Waals surface area contributed by atoms with Crippen LogP contribution in [-0.4, -0.2) is 87.6 Å². The lowest BCUT2D eigenvalue weighted by molar-refractivity contribution is -0.141. The quantitative estimate of drug-likeness (QED) is 0.0755. The Bertz CT molecular complexity index is 1780. The molecule has 250 valence electrons. The summed E-state index contributed by atoms with van der Waals surface area (Å²) in [5, 5.41) is 17.3. The van der Waals surface area contributed by atoms with Crippen LogP contribution in [0.4, 0.5) is 33.5 Å². The van der Waals surface area contributed by atoms with Crippen LogP contribution in [-0.2, 0) is 22.3 Å². The molecule has 20 heteroatoms. The lowest BCUT2D eigenvalue weighted by Gasteiger charge is -2.27. The van der Waals surface area contributed by atoms with Gasteiger partial charge < -0.3 is 31.3 Å². The van der Waals surface area contributed by atoms with Crippen molar-refractivity contribution in [2.24, 2.45) is 0 Å². The van der Waals surface area contributed by atoms with Gasteiger partial charge in [-0.3, -0.25) is 23.5 Å². The molecule has 1 aromatic carbocycles. The number of benzene rings is 1. The van der Waals surface area contributed by atoms with Gasteiger partial charge in [-0.15, -0.1) is 0 Å². The average molecular weight is 685 g/mol. The number of hydrogen-bond acceptors (Lipinski definition) is 10. The number of rotatable bonds is 14. The monoisotopic (exact) mass is 684 g/mol. The standard InChI is InChI=1S/C27H26ClF5N10O4/c28-21-15(26(46)37-4-3-34-10-20(45)39-14-7-35-8-14)1-2-17(22(21)47-13-44)40-24-25-38-9-18(43(25)6-5-36-24)16-11-42(12-19(29)30)41-23(16)27(31,32)33/h1-2,5-6,9,11,13-14,19,34-35H,3-4,7-8,10,12H2,(H,36,40)(H,37,46)(H,39,45). The molecule has 0 radical (unpaired) electrons. The number of halogens is 6. The second kappa shape index (κ2) is 14.3. The van der Waals surface area contributed by atoms with E-state index in [0.29, 0.717) is 4.68 Å². The lowest BCUT2D eigenvalue weighted by Crippen LogP contribution is -2.58. The Morgan fingerprint density at radius 2 is 1.98 bits per heavy atom. The summed E-state index contributed by atoms with van der Waals surface area (Å²) in [4.78, 5) is 44.3. The molecule has 0 saturated carbocycles. The summed E-state index contributed by atoms with van der Waals surface area (Å²) in [6.07, 6.45) is -3.39. The molecule has 2 amide bonds. The summed E-state index contributed by atoms with van der Waals surface area (Å²) < 4.78 is 73.9. The van der Waals surface area contributed by atoms with Gasteiger partial charge in [-0.2, -0.15) is 18.3 Å². The van der Waals surface area contributed by atoms with Crippen molar-refractivity contribution in [2.45, 2.75) is 25.2 Å². The Kier molecular flexibility index (Phi) is 10.2. The van der Waals surface area contributed by atoms with Crippen LogP contribution in [0.25, 0.3) is 16.9 Å². The molecule has 1 fully saturated rings. The van der Waals surface area contributed by atoms with Gasteiger partial charge in [-0.1, -0.05) is 11.6 Å². The molecule has 47 heavy (non-hydrogen) atoms. The zero-order valence-electron chi connectivity index (χ0n) is 24.1. The number of alkyl halides is 5. The number of carbonyl (C=O) groups excluding carboxylic acids is 3. The van der Waals surface area contributed by atoms with Gasteiger partial charge in [0, 0.05) is 44.8 Å². The number of nitrogens with one attached hydrogen (secondary N) is 5. The molecule has 0 aliphatic carbocycles. The van der Waals surface area contributed by atoms with E-state index in [-0.39, 0.29) is 77.2 Å². The third-order valence-corrected chi connectivity index (χ3v) is 7.21. The maximum Gasteiger partial charge on any atom is 0.435 e. The molecule has 0 spiro atoms. The van der Waals surface area contributed by atoms with Crippen LogP contribution in [0.5, 0.6) is 5.75 Å². The van der Waals surface area contributed by atoms with E-state index < -0.39 is 36.3 Å². The van der Waals surface area contributed by atoms with Crippen LogP contribution >= 0.6 is 11.6 Å². The highest BCUT2D eigenvalue weighted by atomic mass is 35.5. The first-order valence-electron chi connectivity index (χ1n) is 13.9. The zero-order valence-corrected chi connectivity index (χ0v) is 24.8. The number of nitrogens with zero attached hydrogens (tertiary/aromatic N) is 5. The van der Waals surface area contributed by atoms with Crippen molar-refractivity contribution in [3.8, 4) is 17.0 Å². The van der Waals surface area contributed by atoms with Crippen molar-refractivity contribution in [1.29, 1.82) is 0 Å². The smallest absolute Gasteiger partial charge is 0.425 e. The molecule has 5 N–H and O–H groups in total. The number of amides is 2. The topological polar surface area (TPSA) is 169 Å². The van der Waals surface area contributed by atoms with E-state index in [1.54, 1.807) is 0 Å². The van der Waals surface area contributed by atoms with E-state index in [4.69, 9.17) is 16.3 Å². The molecule has 0 unspecified atom stereocenters. The minimum Gasteiger partial charge on any atom is -0.425 e. The SMILES string of the molecule is O=COc1c(Nc2nccn3c(-c4cn(CC(F)F)nc4C(F)(F)F)cnc23)ccc(C(=O)NCCNCC(=O)NC2CNC2)c1Cl. The van der Waals surface area contributed by atoms with E-state index in [1.807, 2.05) is 0 Å². The van der Waals surface area contributed by atoms with Crippen molar-refractivity contribution >= 4 is 47.0 Å². The number of hydrogen-bond donors (Lipinski definition) is 5. The van der Waals surface area contributed by atoms with E-state index in [9.17, 15) is 36.3 Å². The van der Waals surface area contributed by atoms with Crippen molar-refractivity contribution in [2.75, 3.05) is 38.0 Å². The number of aromatic nitrogens is 5. The fourth-order valence-corrected chi connectivity index (χ4v) is 4.91. The third-order valence-electron chi connectivity index (χ3n) is 6.84. The largest absolute Gasteiger partial charge is 0.435 e. The van der Waals surface area contributed by atoms with Crippen LogP contribution in [0.15, 0.2) is 36.9 Å². The van der Waals surface area contributed by atoms with Crippen LogP contribution < -0.4 is 31.3 Å². The second-order valence-electron chi connectivity index (χ2n) is 10.1. The Morgan fingerprint density at radius 3 is 2.66 bits per heavy atom. The molecule has 3 aromatic heterocycles. The number of imidazole rings is 1. The normalized spacial score (nSPS) is 13.4. The number of fused-ring (bicyclic) bond motifs is 1. The summed E-state index contributed by atoms with van der Waals surface area (Å²) >= 11 is 6.44. The fraction of sp³-hybridized carbons (Fsp3) is 0.333. The first kappa shape index (κ1) is 33.5. The highest BCUT2D eigenvalue weighted by Gasteiger charge is 2.38. The zero-order chi connectivity index (χ0) is 33.7. The predicted octanol–water partition coefficient (Wildman–Crippen LogP) is 2.22. The lowest BCUT2D eigenvalue weighted by atomic mass is 10.1. The van der Waals surface area contributed by atoms with Gasteiger partial charge in [0.2, 0.25) is 5.91 Å². The van der Waals surface area contributed by atoms with Crippen molar-refractivity contribution < 1.29 is 41.1 Å². The second-order valence-corrected chi connectivity index (χ2v) is 10.5. The molecule has 14 nitrogen and oxygen atoms in total. The summed E-state index contributed by atoms with van der Waals surface area (Å²) in [5.74, 6) is -1.04. The fourth-order valence-electron chi connectivity index (χ4n) is 4.61. The van der Waals surface area contributed by atoms with Crippen LogP contribution in [0.3, 0.4) is 0 Å². The first-order chi connectivity index (χ1) is 22.5. The molecule has 1 saturated heterocycles.